The Bertz CT molecular complexity index is 625. The molecule has 1 heterocycles. The van der Waals surface area contributed by atoms with Crippen molar-refractivity contribution in [1.29, 1.82) is 0 Å². The van der Waals surface area contributed by atoms with E-state index in [0.717, 1.165) is 28.5 Å². The molecule has 0 unspecified atom stereocenters. The fourth-order valence-corrected chi connectivity index (χ4v) is 2.24. The molecule has 21 heavy (non-hydrogen) atoms. The van der Waals surface area contributed by atoms with Gasteiger partial charge in [0.15, 0.2) is 0 Å². The van der Waals surface area contributed by atoms with Crippen LogP contribution in [0.3, 0.4) is 0 Å². The number of nitrogens with zero attached hydrogens (tertiary/aromatic N) is 2. The van der Waals surface area contributed by atoms with E-state index in [0.29, 0.717) is 0 Å². The second-order valence-electron chi connectivity index (χ2n) is 4.34. The smallest absolute Gasteiger partial charge is 0.202 e. The van der Waals surface area contributed by atoms with Gasteiger partial charge in [-0.3, -0.25) is 9.56 Å². The highest BCUT2D eigenvalue weighted by molar-refractivity contribution is 5.90. The summed E-state index contributed by atoms with van der Waals surface area (Å²) in [6.07, 6.45) is 13.2. The molecule has 0 spiro atoms. The van der Waals surface area contributed by atoms with Crippen molar-refractivity contribution in [2.24, 2.45) is 4.99 Å². The molecule has 3 heteroatoms. The van der Waals surface area contributed by atoms with Crippen molar-refractivity contribution >= 4 is 24.2 Å². The molecule has 0 aliphatic rings. The summed E-state index contributed by atoms with van der Waals surface area (Å²) < 4.78 is 2.06. The Morgan fingerprint density at radius 3 is 2.10 bits per heavy atom. The third-order valence-electron chi connectivity index (χ3n) is 3.18. The van der Waals surface area contributed by atoms with Crippen LogP contribution in [0.5, 0.6) is 0 Å². The minimum atomic E-state index is 0.763. The molecule has 1 aromatic rings. The minimum Gasteiger partial charge on any atom is -0.359 e. The molecule has 0 fully saturated rings. The zero-order valence-corrected chi connectivity index (χ0v) is 13.1. The van der Waals surface area contributed by atoms with E-state index in [4.69, 9.17) is 0 Å². The van der Waals surface area contributed by atoms with Gasteiger partial charge in [0.05, 0.1) is 11.4 Å². The van der Waals surface area contributed by atoms with E-state index in [-0.39, 0.29) is 0 Å². The second-order valence-corrected chi connectivity index (χ2v) is 4.34. The van der Waals surface area contributed by atoms with Gasteiger partial charge in [-0.25, -0.2) is 0 Å². The maximum Gasteiger partial charge on any atom is 0.202 e. The Kier molecular flexibility index (Phi) is 6.21. The van der Waals surface area contributed by atoms with Gasteiger partial charge in [0.2, 0.25) is 5.96 Å². The van der Waals surface area contributed by atoms with Crippen molar-refractivity contribution in [3.8, 4) is 0 Å². The Balaban J connectivity index is 3.78. The molecule has 0 amide bonds. The van der Waals surface area contributed by atoms with Crippen LogP contribution in [0.1, 0.15) is 22.5 Å². The number of aromatic nitrogens is 1. The number of nitrogens with one attached hydrogen (secondary N) is 1. The Morgan fingerprint density at radius 1 is 1.10 bits per heavy atom. The third kappa shape index (κ3) is 3.31. The largest absolute Gasteiger partial charge is 0.359 e. The Morgan fingerprint density at radius 2 is 1.67 bits per heavy atom. The van der Waals surface area contributed by atoms with Crippen LogP contribution in [0.4, 0.5) is 0 Å². The normalized spacial score (nSPS) is 12.0. The summed E-state index contributed by atoms with van der Waals surface area (Å²) in [5.41, 5.74) is 4.28. The summed E-state index contributed by atoms with van der Waals surface area (Å²) in [4.78, 5) is 4.32. The maximum atomic E-state index is 4.32. The molecule has 1 aromatic heterocycles. The first-order valence-corrected chi connectivity index (χ1v) is 6.77. The summed E-state index contributed by atoms with van der Waals surface area (Å²) >= 11 is 0. The summed E-state index contributed by atoms with van der Waals surface area (Å²) in [5, 5.41) is 3.13. The number of rotatable bonds is 5. The molecule has 110 valence electrons. The van der Waals surface area contributed by atoms with Gasteiger partial charge >= 0.3 is 0 Å². The van der Waals surface area contributed by atoms with Crippen molar-refractivity contribution in [2.75, 3.05) is 14.1 Å². The molecule has 1 rings (SSSR count). The molecule has 0 atom stereocenters. The molecule has 1 N–H and O–H groups in total. The van der Waals surface area contributed by atoms with E-state index in [1.807, 2.05) is 37.4 Å². The first kappa shape index (κ1) is 16.5. The standard InChI is InChI=1S/C18H23N3/c1-7-10-12-16-14(4)15(9-3)17(13-11-8-2)21(16)18(19-5)20-6/h7-13H,1-3H2,4-6H3,(H,19,20)/b12-10-,13-11-. The number of aliphatic imine (C=N–C) groups is 1. The van der Waals surface area contributed by atoms with E-state index in [1.54, 1.807) is 19.2 Å². The van der Waals surface area contributed by atoms with Crippen LogP contribution in [0.25, 0.3) is 18.2 Å². The highest BCUT2D eigenvalue weighted by atomic mass is 15.2. The molecular formula is C18H23N3. The van der Waals surface area contributed by atoms with Crippen LogP contribution < -0.4 is 5.32 Å². The first-order valence-electron chi connectivity index (χ1n) is 6.77. The van der Waals surface area contributed by atoms with Crippen LogP contribution in [0.15, 0.2) is 49.0 Å². The third-order valence-corrected chi connectivity index (χ3v) is 3.18. The van der Waals surface area contributed by atoms with Crippen LogP contribution in [-0.4, -0.2) is 24.6 Å². The van der Waals surface area contributed by atoms with Gasteiger partial charge in [-0.15, -0.1) is 0 Å². The Labute approximate surface area is 127 Å². The average Bonchev–Trinajstić information content (AvgIpc) is 2.76. The Hall–Kier alpha value is -2.55. The lowest BCUT2D eigenvalue weighted by Crippen LogP contribution is -2.28. The topological polar surface area (TPSA) is 29.3 Å². The van der Waals surface area contributed by atoms with Crippen LogP contribution in [0, 0.1) is 6.92 Å². The SMILES string of the molecule is C=C/C=C\c1c(C)c(C=C)c(/C=C\C=C)n1C(=NC)NC. The lowest BCUT2D eigenvalue weighted by atomic mass is 10.1. The van der Waals surface area contributed by atoms with E-state index in [9.17, 15) is 0 Å². The predicted octanol–water partition coefficient (Wildman–Crippen LogP) is 3.89. The number of allylic oxidation sites excluding steroid dienone is 4. The molecule has 0 radical (unpaired) electrons. The van der Waals surface area contributed by atoms with Gasteiger partial charge in [-0.1, -0.05) is 50.1 Å². The van der Waals surface area contributed by atoms with Crippen molar-refractivity contribution in [2.45, 2.75) is 6.92 Å². The van der Waals surface area contributed by atoms with E-state index in [1.165, 1.54) is 0 Å². The highest BCUT2D eigenvalue weighted by Crippen LogP contribution is 2.26. The first-order chi connectivity index (χ1) is 10.2. The summed E-state index contributed by atoms with van der Waals surface area (Å²) in [6, 6.07) is 0. The van der Waals surface area contributed by atoms with Crippen LogP contribution >= 0.6 is 0 Å². The monoisotopic (exact) mass is 281 g/mol. The summed E-state index contributed by atoms with van der Waals surface area (Å²) in [7, 11) is 3.62. The van der Waals surface area contributed by atoms with Crippen molar-refractivity contribution in [1.82, 2.24) is 9.88 Å². The summed E-state index contributed by atoms with van der Waals surface area (Å²) in [5.74, 6) is 0.763. The fourth-order valence-electron chi connectivity index (χ4n) is 2.24. The van der Waals surface area contributed by atoms with Gasteiger partial charge in [0.1, 0.15) is 0 Å². The molecule has 0 saturated heterocycles. The van der Waals surface area contributed by atoms with Gasteiger partial charge < -0.3 is 5.32 Å². The zero-order chi connectivity index (χ0) is 15.8. The number of hydrogen-bond donors (Lipinski definition) is 1. The molecule has 3 nitrogen and oxygen atoms in total. The van der Waals surface area contributed by atoms with Gasteiger partial charge in [0, 0.05) is 19.7 Å². The fraction of sp³-hybridized carbons (Fsp3) is 0.167. The second kappa shape index (κ2) is 7.90. The molecule has 0 aliphatic carbocycles. The molecule has 0 bridgehead atoms. The van der Waals surface area contributed by atoms with Crippen LogP contribution in [0.2, 0.25) is 0 Å². The van der Waals surface area contributed by atoms with Gasteiger partial charge in [-0.05, 0) is 24.6 Å². The number of hydrogen-bond acceptors (Lipinski definition) is 1. The van der Waals surface area contributed by atoms with Crippen LogP contribution in [-0.2, 0) is 0 Å². The average molecular weight is 281 g/mol. The quantitative estimate of drug-likeness (QED) is 0.495. The highest BCUT2D eigenvalue weighted by Gasteiger charge is 2.17. The van der Waals surface area contributed by atoms with Gasteiger partial charge in [0.25, 0.3) is 0 Å². The predicted molar refractivity (Wildman–Crippen MR) is 95.5 cm³/mol. The van der Waals surface area contributed by atoms with E-state index in [2.05, 4.69) is 41.5 Å². The lowest BCUT2D eigenvalue weighted by Gasteiger charge is -2.12. The van der Waals surface area contributed by atoms with Crippen molar-refractivity contribution in [3.63, 3.8) is 0 Å². The molecular weight excluding hydrogens is 258 g/mol. The van der Waals surface area contributed by atoms with E-state index < -0.39 is 0 Å². The van der Waals surface area contributed by atoms with Gasteiger partial charge in [-0.2, -0.15) is 0 Å². The van der Waals surface area contributed by atoms with Crippen molar-refractivity contribution < 1.29 is 0 Å². The minimum absolute atomic E-state index is 0.763. The molecule has 0 aromatic carbocycles. The summed E-state index contributed by atoms with van der Waals surface area (Å²) in [6.45, 7) is 13.5. The maximum absolute atomic E-state index is 4.32. The van der Waals surface area contributed by atoms with E-state index >= 15 is 0 Å². The zero-order valence-electron chi connectivity index (χ0n) is 13.1. The lowest BCUT2D eigenvalue weighted by molar-refractivity contribution is 0.985. The molecule has 0 saturated carbocycles. The van der Waals surface area contributed by atoms with Crippen molar-refractivity contribution in [3.05, 3.63) is 66.6 Å². The molecule has 0 aliphatic heterocycles.